The van der Waals surface area contributed by atoms with Gasteiger partial charge in [0.05, 0.1) is 10.9 Å². The van der Waals surface area contributed by atoms with Crippen LogP contribution in [0.5, 0.6) is 0 Å². The van der Waals surface area contributed by atoms with Crippen LogP contribution >= 0.6 is 0 Å². The normalized spacial score (nSPS) is 21.5. The summed E-state index contributed by atoms with van der Waals surface area (Å²) in [6, 6.07) is 3.74. The molecule has 1 heterocycles. The molecule has 2 fully saturated rings. The number of hydrogen-bond donors (Lipinski definition) is 4. The number of sulfonamides is 1. The van der Waals surface area contributed by atoms with Crippen LogP contribution in [0.3, 0.4) is 0 Å². The molecule has 1 aromatic carbocycles. The molecule has 2 aliphatic rings. The Morgan fingerprint density at radius 1 is 1.00 bits per heavy atom. The summed E-state index contributed by atoms with van der Waals surface area (Å²) < 4.78 is 28.2. The fourth-order valence-corrected chi connectivity index (χ4v) is 8.69. The Kier molecular flexibility index (Phi) is 12.9. The van der Waals surface area contributed by atoms with Crippen LogP contribution in [0, 0.1) is 28.1 Å². The number of nitrogens with one attached hydrogen (secondary N) is 4. The van der Waals surface area contributed by atoms with Crippen molar-refractivity contribution in [1.82, 2.24) is 30.5 Å². The number of likely N-dealkylation sites (N-methyl/N-ethyl adjacent to an activating group) is 1. The van der Waals surface area contributed by atoms with Gasteiger partial charge in [0.1, 0.15) is 12.1 Å². The van der Waals surface area contributed by atoms with E-state index < -0.39 is 74.6 Å². The molecular weight excluding hydrogens is 673 g/mol. The molecule has 0 bridgehead atoms. The standard InChI is InChI=1S/C37H58N6O7S/c1-12-17-25(29(44)32(46)38-20-13-2)40-31(45)28-27-24(37(27,9)10)22-43(28)33(47)30(36(6,7)8)41-34(48)39-21-26(35(3,4)5)42(11)51(49,50)23-18-15-14-16-19-23/h13-16,18-19,24-28,30H,2,12,17,20-22H2,1,3-11H3,(H,38,46)(H,40,45)(H2,39,41,48)/t24-,25?,26+,27-,28-,30+/m0/s1. The third-order valence-corrected chi connectivity index (χ3v) is 12.2. The van der Waals surface area contributed by atoms with Gasteiger partial charge in [0.2, 0.25) is 27.6 Å². The van der Waals surface area contributed by atoms with E-state index in [9.17, 15) is 32.4 Å². The molecule has 4 N–H and O–H groups in total. The zero-order valence-corrected chi connectivity index (χ0v) is 32.6. The number of benzene rings is 1. The molecule has 284 valence electrons. The minimum atomic E-state index is -3.88. The Morgan fingerprint density at radius 2 is 1.61 bits per heavy atom. The summed E-state index contributed by atoms with van der Waals surface area (Å²) in [7, 11) is -2.39. The average molecular weight is 731 g/mol. The number of piperidine rings is 1. The predicted molar refractivity (Wildman–Crippen MR) is 196 cm³/mol. The zero-order chi connectivity index (χ0) is 38.7. The van der Waals surface area contributed by atoms with Gasteiger partial charge in [-0.2, -0.15) is 4.31 Å². The number of ketones is 1. The van der Waals surface area contributed by atoms with Crippen LogP contribution in [0.15, 0.2) is 47.9 Å². The van der Waals surface area contributed by atoms with Gasteiger partial charge in [0.15, 0.2) is 0 Å². The topological polar surface area (TPSA) is 174 Å². The van der Waals surface area contributed by atoms with Crippen molar-refractivity contribution in [3.05, 3.63) is 43.0 Å². The van der Waals surface area contributed by atoms with Crippen molar-refractivity contribution in [3.8, 4) is 0 Å². The Bertz CT molecular complexity index is 1580. The minimum absolute atomic E-state index is 0.0384. The molecule has 0 aromatic heterocycles. The largest absolute Gasteiger partial charge is 0.346 e. The first kappa shape index (κ1) is 41.6. The maximum atomic E-state index is 14.4. The number of fused-ring (bicyclic) bond motifs is 1. The number of carbonyl (C=O) groups excluding carboxylic acids is 5. The maximum Gasteiger partial charge on any atom is 0.315 e. The highest BCUT2D eigenvalue weighted by Crippen LogP contribution is 2.65. The highest BCUT2D eigenvalue weighted by molar-refractivity contribution is 7.89. The molecule has 0 radical (unpaired) electrons. The Hall–Kier alpha value is -3.78. The molecule has 0 spiro atoms. The van der Waals surface area contributed by atoms with Gasteiger partial charge in [0.25, 0.3) is 5.91 Å². The lowest BCUT2D eigenvalue weighted by molar-refractivity contribution is -0.145. The second-order valence-corrected chi connectivity index (χ2v) is 18.5. The van der Waals surface area contributed by atoms with E-state index >= 15 is 0 Å². The van der Waals surface area contributed by atoms with Crippen molar-refractivity contribution < 1.29 is 32.4 Å². The summed E-state index contributed by atoms with van der Waals surface area (Å²) in [6.07, 6.45) is 2.23. The molecule has 3 rings (SSSR count). The van der Waals surface area contributed by atoms with E-state index in [4.69, 9.17) is 0 Å². The van der Waals surface area contributed by atoms with Crippen LogP contribution in [0.4, 0.5) is 4.79 Å². The van der Waals surface area contributed by atoms with Gasteiger partial charge in [-0.05, 0) is 46.6 Å². The number of nitrogens with zero attached hydrogens (tertiary/aromatic N) is 2. The molecule has 13 nitrogen and oxygen atoms in total. The van der Waals surface area contributed by atoms with E-state index in [0.717, 1.165) is 0 Å². The average Bonchev–Trinajstić information content (AvgIpc) is 3.35. The van der Waals surface area contributed by atoms with Gasteiger partial charge < -0.3 is 26.2 Å². The van der Waals surface area contributed by atoms with Crippen LogP contribution in [-0.4, -0.2) is 98.0 Å². The first-order valence-corrected chi connectivity index (χ1v) is 19.1. The van der Waals surface area contributed by atoms with Crippen molar-refractivity contribution in [2.75, 3.05) is 26.7 Å². The molecule has 1 aliphatic heterocycles. The van der Waals surface area contributed by atoms with Crippen molar-refractivity contribution >= 4 is 39.6 Å². The predicted octanol–water partition coefficient (Wildman–Crippen LogP) is 3.07. The first-order valence-electron chi connectivity index (χ1n) is 17.6. The quantitative estimate of drug-likeness (QED) is 0.159. The van der Waals surface area contributed by atoms with Gasteiger partial charge in [0, 0.05) is 32.7 Å². The van der Waals surface area contributed by atoms with E-state index in [1.165, 1.54) is 34.5 Å². The van der Waals surface area contributed by atoms with Gasteiger partial charge in [-0.1, -0.05) is 93.0 Å². The molecular formula is C37H58N6O7S. The highest BCUT2D eigenvalue weighted by atomic mass is 32.2. The van der Waals surface area contributed by atoms with Crippen LogP contribution < -0.4 is 21.3 Å². The first-order chi connectivity index (χ1) is 23.5. The number of rotatable bonds is 15. The molecule has 51 heavy (non-hydrogen) atoms. The molecule has 5 amide bonds. The fraction of sp³-hybridized carbons (Fsp3) is 0.649. The van der Waals surface area contributed by atoms with Gasteiger partial charge in [-0.3, -0.25) is 19.2 Å². The molecule has 14 heteroatoms. The van der Waals surface area contributed by atoms with Crippen LogP contribution in [0.1, 0.15) is 75.2 Å². The van der Waals surface area contributed by atoms with E-state index in [-0.39, 0.29) is 41.7 Å². The Labute approximate surface area is 303 Å². The second kappa shape index (κ2) is 15.9. The number of amides is 5. The van der Waals surface area contributed by atoms with Crippen molar-refractivity contribution in [2.45, 2.75) is 104 Å². The lowest BCUT2D eigenvalue weighted by atomic mass is 9.85. The summed E-state index contributed by atoms with van der Waals surface area (Å²) in [6.45, 7) is 20.9. The molecule has 1 saturated heterocycles. The maximum absolute atomic E-state index is 14.4. The minimum Gasteiger partial charge on any atom is -0.346 e. The monoisotopic (exact) mass is 730 g/mol. The third kappa shape index (κ3) is 9.37. The molecule has 6 atom stereocenters. The summed E-state index contributed by atoms with van der Waals surface area (Å²) in [5, 5.41) is 10.9. The van der Waals surface area contributed by atoms with Crippen LogP contribution in [0.25, 0.3) is 0 Å². The summed E-state index contributed by atoms with van der Waals surface area (Å²) >= 11 is 0. The fourth-order valence-electron chi connectivity index (χ4n) is 7.13. The van der Waals surface area contributed by atoms with Gasteiger partial charge >= 0.3 is 6.03 Å². The number of Topliss-reactive ketones (excluding diaryl/α,β-unsaturated/α-hetero) is 1. The lowest BCUT2D eigenvalue weighted by Gasteiger charge is -2.39. The second-order valence-electron chi connectivity index (χ2n) is 16.5. The summed E-state index contributed by atoms with van der Waals surface area (Å²) in [5.74, 6) is -2.68. The zero-order valence-electron chi connectivity index (χ0n) is 31.8. The molecule has 1 aliphatic carbocycles. The highest BCUT2D eigenvalue weighted by Gasteiger charge is 2.70. The van der Waals surface area contributed by atoms with Crippen LogP contribution in [0.2, 0.25) is 0 Å². The molecule has 1 unspecified atom stereocenters. The van der Waals surface area contributed by atoms with E-state index in [0.29, 0.717) is 13.0 Å². The molecule has 1 aromatic rings. The summed E-state index contributed by atoms with van der Waals surface area (Å²) in [4.78, 5) is 68.9. The van der Waals surface area contributed by atoms with Crippen molar-refractivity contribution in [2.24, 2.45) is 28.1 Å². The van der Waals surface area contributed by atoms with Crippen LogP contribution in [-0.2, 0) is 29.2 Å². The number of carbonyl (C=O) groups is 5. The van der Waals surface area contributed by atoms with Crippen molar-refractivity contribution in [3.63, 3.8) is 0 Å². The smallest absolute Gasteiger partial charge is 0.315 e. The lowest BCUT2D eigenvalue weighted by Crippen LogP contribution is -2.62. The van der Waals surface area contributed by atoms with Crippen molar-refractivity contribution in [1.29, 1.82) is 0 Å². The Morgan fingerprint density at radius 3 is 2.14 bits per heavy atom. The van der Waals surface area contributed by atoms with E-state index in [1.54, 1.807) is 18.2 Å². The molecule has 1 saturated carbocycles. The van der Waals surface area contributed by atoms with Gasteiger partial charge in [-0.15, -0.1) is 6.58 Å². The van der Waals surface area contributed by atoms with E-state index in [2.05, 4.69) is 27.8 Å². The number of urea groups is 1. The SMILES string of the molecule is C=CCNC(=O)C(=O)C(CCC)NC(=O)[C@@H]1[C@@H]2[C@H](CN1C(=O)[C@@H](NC(=O)NC[C@@H](N(C)S(=O)(=O)c1ccccc1)C(C)(C)C)C(C)(C)C)C2(C)C. The number of likely N-dealkylation sites (tertiary alicyclic amines) is 1. The Balaban J connectivity index is 1.81. The van der Waals surface area contributed by atoms with Gasteiger partial charge in [-0.25, -0.2) is 13.2 Å². The number of hydrogen-bond acceptors (Lipinski definition) is 7. The summed E-state index contributed by atoms with van der Waals surface area (Å²) in [5.41, 5.74) is -1.57. The van der Waals surface area contributed by atoms with E-state index in [1.807, 2.05) is 62.3 Å². The third-order valence-electron chi connectivity index (χ3n) is 10.3.